The number of hydrogen-bond acceptors (Lipinski definition) is 0. The highest BCUT2D eigenvalue weighted by Crippen LogP contribution is 2.37. The van der Waals surface area contributed by atoms with Crippen molar-refractivity contribution in [3.63, 3.8) is 0 Å². The molecule has 63 valence electrons. The van der Waals surface area contributed by atoms with Crippen molar-refractivity contribution in [3.8, 4) is 0 Å². The van der Waals surface area contributed by atoms with E-state index < -0.39 is 0 Å². The first-order chi connectivity index (χ1) is 5.79. The van der Waals surface area contributed by atoms with Crippen LogP contribution in [0.5, 0.6) is 0 Å². The Morgan fingerprint density at radius 2 is 2.00 bits per heavy atom. The zero-order valence-electron chi connectivity index (χ0n) is 7.80. The smallest absolute Gasteiger partial charge is 0.00220 e. The largest absolute Gasteiger partial charge is 0.0620 e. The van der Waals surface area contributed by atoms with Gasteiger partial charge in [0.25, 0.3) is 0 Å². The Kier molecular flexibility index (Phi) is 1.92. The Balaban J connectivity index is 2.47. The van der Waals surface area contributed by atoms with Crippen LogP contribution in [0.25, 0.3) is 0 Å². The molecule has 0 saturated carbocycles. The lowest BCUT2D eigenvalue weighted by Crippen LogP contribution is -2.10. The monoisotopic (exact) mass is 159 g/mol. The number of benzene rings is 1. The maximum absolute atomic E-state index is 2.32. The van der Waals surface area contributed by atoms with Crippen molar-refractivity contribution < 1.29 is 0 Å². The molecule has 1 aromatic rings. The molecule has 0 aliphatic heterocycles. The second kappa shape index (κ2) is 2.93. The Morgan fingerprint density at radius 3 is 2.75 bits per heavy atom. The molecule has 0 nitrogen and oxygen atoms in total. The third kappa shape index (κ3) is 1.16. The quantitative estimate of drug-likeness (QED) is 0.543. The summed E-state index contributed by atoms with van der Waals surface area (Å²) in [6.07, 6.45) is 2.60. The van der Waals surface area contributed by atoms with E-state index in [0.717, 1.165) is 5.92 Å². The highest BCUT2D eigenvalue weighted by molar-refractivity contribution is 5.41. The Bertz CT molecular complexity index is 246. The van der Waals surface area contributed by atoms with Crippen LogP contribution in [-0.2, 0) is 0 Å². The second-order valence-corrected chi connectivity index (χ2v) is 3.81. The molecule has 1 aliphatic carbocycles. The van der Waals surface area contributed by atoms with Gasteiger partial charge in [0.15, 0.2) is 0 Å². The lowest BCUT2D eigenvalue weighted by atomic mass is 9.78. The molecule has 2 rings (SSSR count). The molecule has 1 aliphatic rings. The molecule has 1 aromatic carbocycles. The zero-order chi connectivity index (χ0) is 8.55. The molecule has 0 saturated heterocycles. The molecule has 0 amide bonds. The van der Waals surface area contributed by atoms with E-state index in [1.807, 2.05) is 0 Å². The van der Waals surface area contributed by atoms with E-state index in [0.29, 0.717) is 0 Å². The van der Waals surface area contributed by atoms with Crippen LogP contribution in [0.3, 0.4) is 0 Å². The fraction of sp³-hybridized carbons (Fsp3) is 0.417. The molecule has 0 fully saturated rings. The summed E-state index contributed by atoms with van der Waals surface area (Å²) < 4.78 is 0. The standard InChI is InChI=1S/C12H15/c1-9-7-8-10(2)12-6-4-3-5-11(9)12/h3-6,9H,7-8H2,1-2H3. The molecule has 0 spiro atoms. The van der Waals surface area contributed by atoms with Crippen LogP contribution in [0.2, 0.25) is 0 Å². The first-order valence-electron chi connectivity index (χ1n) is 4.71. The topological polar surface area (TPSA) is 0 Å². The van der Waals surface area contributed by atoms with Crippen molar-refractivity contribution in [1.82, 2.24) is 0 Å². The van der Waals surface area contributed by atoms with Crippen molar-refractivity contribution in [2.24, 2.45) is 0 Å². The SMILES string of the molecule is C[C]1CCC(C)c2ccccc21. The van der Waals surface area contributed by atoms with Crippen molar-refractivity contribution >= 4 is 0 Å². The van der Waals surface area contributed by atoms with Crippen LogP contribution < -0.4 is 0 Å². The summed E-state index contributed by atoms with van der Waals surface area (Å²) >= 11 is 0. The minimum atomic E-state index is 0.755. The van der Waals surface area contributed by atoms with Gasteiger partial charge >= 0.3 is 0 Å². The Morgan fingerprint density at radius 1 is 1.25 bits per heavy atom. The van der Waals surface area contributed by atoms with E-state index in [4.69, 9.17) is 0 Å². The molecule has 0 bridgehead atoms. The molecule has 1 atom stereocenters. The van der Waals surface area contributed by atoms with Crippen molar-refractivity contribution in [2.45, 2.75) is 32.6 Å². The fourth-order valence-corrected chi connectivity index (χ4v) is 2.04. The third-order valence-corrected chi connectivity index (χ3v) is 2.90. The van der Waals surface area contributed by atoms with Gasteiger partial charge in [0, 0.05) is 5.92 Å². The molecule has 1 radical (unpaired) electrons. The highest BCUT2D eigenvalue weighted by Gasteiger charge is 2.20. The van der Waals surface area contributed by atoms with E-state index in [9.17, 15) is 0 Å². The predicted octanol–water partition coefficient (Wildman–Crippen LogP) is 3.53. The van der Waals surface area contributed by atoms with Crippen LogP contribution in [0.15, 0.2) is 24.3 Å². The molecule has 1 unspecified atom stereocenters. The highest BCUT2D eigenvalue weighted by atomic mass is 14.2. The molecule has 0 heterocycles. The number of rotatable bonds is 0. The van der Waals surface area contributed by atoms with Gasteiger partial charge < -0.3 is 0 Å². The van der Waals surface area contributed by atoms with Gasteiger partial charge in [-0.15, -0.1) is 0 Å². The predicted molar refractivity (Wildman–Crippen MR) is 52.1 cm³/mol. The normalized spacial score (nSPS) is 23.7. The molecule has 12 heavy (non-hydrogen) atoms. The third-order valence-electron chi connectivity index (χ3n) is 2.90. The minimum Gasteiger partial charge on any atom is -0.0620 e. The van der Waals surface area contributed by atoms with Crippen molar-refractivity contribution in [2.75, 3.05) is 0 Å². The van der Waals surface area contributed by atoms with Crippen molar-refractivity contribution in [1.29, 1.82) is 0 Å². The number of hydrogen-bond donors (Lipinski definition) is 0. The van der Waals surface area contributed by atoms with Gasteiger partial charge in [0.2, 0.25) is 0 Å². The minimum absolute atomic E-state index is 0.755. The van der Waals surface area contributed by atoms with Gasteiger partial charge in [-0.3, -0.25) is 0 Å². The maximum Gasteiger partial charge on any atom is 0.00220 e. The van der Waals surface area contributed by atoms with Crippen molar-refractivity contribution in [3.05, 3.63) is 41.3 Å². The summed E-state index contributed by atoms with van der Waals surface area (Å²) in [5, 5.41) is 0. The summed E-state index contributed by atoms with van der Waals surface area (Å²) in [7, 11) is 0. The number of fused-ring (bicyclic) bond motifs is 1. The first-order valence-corrected chi connectivity index (χ1v) is 4.71. The molecular formula is C12H15. The van der Waals surface area contributed by atoms with Gasteiger partial charge in [0.05, 0.1) is 0 Å². The first kappa shape index (κ1) is 7.85. The van der Waals surface area contributed by atoms with E-state index >= 15 is 0 Å². The van der Waals surface area contributed by atoms with Gasteiger partial charge in [-0.2, -0.15) is 0 Å². The molecular weight excluding hydrogens is 144 g/mol. The fourth-order valence-electron chi connectivity index (χ4n) is 2.04. The lowest BCUT2D eigenvalue weighted by molar-refractivity contribution is 0.613. The molecule has 0 aromatic heterocycles. The summed E-state index contributed by atoms with van der Waals surface area (Å²) in [5.41, 5.74) is 3.04. The second-order valence-electron chi connectivity index (χ2n) is 3.81. The van der Waals surface area contributed by atoms with E-state index in [2.05, 4.69) is 38.1 Å². The van der Waals surface area contributed by atoms with Crippen LogP contribution in [0, 0.1) is 5.92 Å². The van der Waals surface area contributed by atoms with Crippen LogP contribution in [0.1, 0.15) is 43.7 Å². The average molecular weight is 159 g/mol. The zero-order valence-corrected chi connectivity index (χ0v) is 7.80. The lowest BCUT2D eigenvalue weighted by Gasteiger charge is -2.26. The van der Waals surface area contributed by atoms with E-state index in [1.165, 1.54) is 18.4 Å². The van der Waals surface area contributed by atoms with E-state index in [-0.39, 0.29) is 0 Å². The van der Waals surface area contributed by atoms with Gasteiger partial charge in [-0.05, 0) is 29.9 Å². The Labute approximate surface area is 74.6 Å². The van der Waals surface area contributed by atoms with Crippen LogP contribution >= 0.6 is 0 Å². The van der Waals surface area contributed by atoms with Crippen LogP contribution in [0.4, 0.5) is 0 Å². The van der Waals surface area contributed by atoms with Gasteiger partial charge in [-0.25, -0.2) is 0 Å². The summed E-state index contributed by atoms with van der Waals surface area (Å²) in [6.45, 7) is 4.58. The summed E-state index contributed by atoms with van der Waals surface area (Å²) in [4.78, 5) is 0. The van der Waals surface area contributed by atoms with Gasteiger partial charge in [-0.1, -0.05) is 38.1 Å². The summed E-state index contributed by atoms with van der Waals surface area (Å²) in [6, 6.07) is 8.80. The van der Waals surface area contributed by atoms with Crippen LogP contribution in [-0.4, -0.2) is 0 Å². The average Bonchev–Trinajstić information content (AvgIpc) is 2.12. The van der Waals surface area contributed by atoms with E-state index in [1.54, 1.807) is 11.5 Å². The maximum atomic E-state index is 2.32. The van der Waals surface area contributed by atoms with Gasteiger partial charge in [0.1, 0.15) is 0 Å². The molecule has 0 heteroatoms. The summed E-state index contributed by atoms with van der Waals surface area (Å²) in [5.74, 6) is 2.31. The molecule has 0 N–H and O–H groups in total. The Hall–Kier alpha value is -0.780.